The molecule has 0 saturated carbocycles. The second kappa shape index (κ2) is 2.65. The molecule has 0 spiro atoms. The van der Waals surface area contributed by atoms with E-state index >= 15 is 0 Å². The van der Waals surface area contributed by atoms with Crippen LogP contribution in [0.5, 0.6) is 0 Å². The van der Waals surface area contributed by atoms with Crippen LogP contribution >= 0.6 is 0 Å². The lowest BCUT2D eigenvalue weighted by Crippen LogP contribution is -2.50. The summed E-state index contributed by atoms with van der Waals surface area (Å²) in [5, 5.41) is 27.6. The van der Waals surface area contributed by atoms with Gasteiger partial charge in [-0.15, -0.1) is 0 Å². The number of carbonyl (C=O) groups is 1. The fraction of sp³-hybridized carbons (Fsp3) is 0.857. The third-order valence-corrected chi connectivity index (χ3v) is 2.46. The molecule has 0 aliphatic carbocycles. The topological polar surface area (TPSA) is 96.2 Å². The molecule has 0 radical (unpaired) electrons. The van der Waals surface area contributed by atoms with Crippen molar-refractivity contribution in [1.82, 2.24) is 0 Å². The molecule has 0 bridgehead atoms. The summed E-state index contributed by atoms with van der Waals surface area (Å²) in [6.45, 7) is -0.334. The molecule has 2 aliphatic heterocycles. The van der Waals surface area contributed by atoms with Gasteiger partial charge in [-0.05, 0) is 0 Å². The zero-order valence-electron chi connectivity index (χ0n) is 6.71. The molecule has 0 aromatic rings. The highest BCUT2D eigenvalue weighted by Gasteiger charge is 2.60. The SMILES string of the molecule is O=C(O)[C@]1(O)CO[C@@H]2[C@H](O)CO[C@@H]21. The minimum atomic E-state index is -2.01. The van der Waals surface area contributed by atoms with E-state index in [2.05, 4.69) is 0 Å². The van der Waals surface area contributed by atoms with Crippen LogP contribution in [0.25, 0.3) is 0 Å². The van der Waals surface area contributed by atoms with Crippen molar-refractivity contribution in [3.05, 3.63) is 0 Å². The van der Waals surface area contributed by atoms with Crippen molar-refractivity contribution in [1.29, 1.82) is 0 Å². The number of ether oxygens (including phenoxy) is 2. The minimum Gasteiger partial charge on any atom is -0.479 e. The molecule has 2 saturated heterocycles. The van der Waals surface area contributed by atoms with Gasteiger partial charge in [0.25, 0.3) is 0 Å². The van der Waals surface area contributed by atoms with Gasteiger partial charge in [0.1, 0.15) is 18.3 Å². The minimum absolute atomic E-state index is 0.00488. The van der Waals surface area contributed by atoms with Crippen molar-refractivity contribution in [2.45, 2.75) is 23.9 Å². The molecule has 0 aromatic carbocycles. The van der Waals surface area contributed by atoms with Crippen LogP contribution in [0.1, 0.15) is 0 Å². The number of carboxylic acid groups (broad SMARTS) is 1. The quantitative estimate of drug-likeness (QED) is 0.441. The Morgan fingerprint density at radius 2 is 2.15 bits per heavy atom. The Balaban J connectivity index is 2.23. The van der Waals surface area contributed by atoms with E-state index in [1.807, 2.05) is 0 Å². The molecule has 0 amide bonds. The van der Waals surface area contributed by atoms with Crippen LogP contribution in [0.15, 0.2) is 0 Å². The van der Waals surface area contributed by atoms with Crippen molar-refractivity contribution in [3.63, 3.8) is 0 Å². The first-order valence-corrected chi connectivity index (χ1v) is 3.93. The Bertz CT molecular complexity index is 241. The summed E-state index contributed by atoms with van der Waals surface area (Å²) in [4.78, 5) is 10.7. The third kappa shape index (κ3) is 1.07. The number of rotatable bonds is 1. The van der Waals surface area contributed by atoms with Gasteiger partial charge in [-0.25, -0.2) is 4.79 Å². The first-order chi connectivity index (χ1) is 6.05. The number of carboxylic acids is 1. The molecule has 6 heteroatoms. The number of hydrogen-bond donors (Lipinski definition) is 3. The molecule has 74 valence electrons. The maximum atomic E-state index is 10.7. The first kappa shape index (κ1) is 8.89. The van der Waals surface area contributed by atoms with Gasteiger partial charge < -0.3 is 24.8 Å². The van der Waals surface area contributed by atoms with Gasteiger partial charge in [0.15, 0.2) is 0 Å². The average molecular weight is 190 g/mol. The Hall–Kier alpha value is -0.690. The molecule has 0 unspecified atom stereocenters. The van der Waals surface area contributed by atoms with Crippen molar-refractivity contribution in [2.24, 2.45) is 0 Å². The fourth-order valence-electron chi connectivity index (χ4n) is 1.69. The average Bonchev–Trinajstić information content (AvgIpc) is 2.57. The number of aliphatic carboxylic acids is 1. The molecule has 2 heterocycles. The maximum absolute atomic E-state index is 10.7. The third-order valence-electron chi connectivity index (χ3n) is 2.46. The lowest BCUT2D eigenvalue weighted by Gasteiger charge is -2.20. The largest absolute Gasteiger partial charge is 0.479 e. The van der Waals surface area contributed by atoms with E-state index in [-0.39, 0.29) is 13.2 Å². The van der Waals surface area contributed by atoms with Gasteiger partial charge in [0.05, 0.1) is 13.2 Å². The Morgan fingerprint density at radius 3 is 2.77 bits per heavy atom. The monoisotopic (exact) mass is 190 g/mol. The van der Waals surface area contributed by atoms with Gasteiger partial charge >= 0.3 is 5.97 Å². The number of aliphatic hydroxyl groups is 2. The molecule has 3 N–H and O–H groups in total. The van der Waals surface area contributed by atoms with E-state index in [1.54, 1.807) is 0 Å². The summed E-state index contributed by atoms with van der Waals surface area (Å²) in [6, 6.07) is 0. The molecule has 2 aliphatic rings. The van der Waals surface area contributed by atoms with Crippen LogP contribution in [0.4, 0.5) is 0 Å². The van der Waals surface area contributed by atoms with Crippen LogP contribution in [0, 0.1) is 0 Å². The zero-order chi connectivity index (χ0) is 9.64. The van der Waals surface area contributed by atoms with Crippen LogP contribution in [-0.2, 0) is 14.3 Å². The lowest BCUT2D eigenvalue weighted by molar-refractivity contribution is -0.168. The highest BCUT2D eigenvalue weighted by molar-refractivity contribution is 5.79. The van der Waals surface area contributed by atoms with E-state index in [4.69, 9.17) is 14.6 Å². The summed E-state index contributed by atoms with van der Waals surface area (Å²) in [5.74, 6) is -1.38. The van der Waals surface area contributed by atoms with Crippen LogP contribution in [0.3, 0.4) is 0 Å². The maximum Gasteiger partial charge on any atom is 0.341 e. The number of hydrogen-bond acceptors (Lipinski definition) is 5. The first-order valence-electron chi connectivity index (χ1n) is 3.93. The van der Waals surface area contributed by atoms with Gasteiger partial charge in [0.2, 0.25) is 5.60 Å². The zero-order valence-corrected chi connectivity index (χ0v) is 6.71. The van der Waals surface area contributed by atoms with Crippen molar-refractivity contribution >= 4 is 5.97 Å². The van der Waals surface area contributed by atoms with Crippen molar-refractivity contribution in [2.75, 3.05) is 13.2 Å². The Labute approximate surface area is 73.7 Å². The van der Waals surface area contributed by atoms with Crippen molar-refractivity contribution in [3.8, 4) is 0 Å². The molecular weight excluding hydrogens is 180 g/mol. The number of aliphatic hydroxyl groups excluding tert-OH is 1. The lowest BCUT2D eigenvalue weighted by atomic mass is 9.96. The predicted octanol–water partition coefficient (Wildman–Crippen LogP) is -2.04. The van der Waals surface area contributed by atoms with E-state index in [9.17, 15) is 15.0 Å². The fourth-order valence-corrected chi connectivity index (χ4v) is 1.69. The van der Waals surface area contributed by atoms with Crippen LogP contribution < -0.4 is 0 Å². The van der Waals surface area contributed by atoms with E-state index in [0.29, 0.717) is 0 Å². The Morgan fingerprint density at radius 1 is 1.46 bits per heavy atom. The van der Waals surface area contributed by atoms with Gasteiger partial charge in [-0.3, -0.25) is 0 Å². The summed E-state index contributed by atoms with van der Waals surface area (Å²) in [5.41, 5.74) is -2.01. The van der Waals surface area contributed by atoms with Crippen LogP contribution in [0.2, 0.25) is 0 Å². The summed E-state index contributed by atoms with van der Waals surface area (Å²) >= 11 is 0. The van der Waals surface area contributed by atoms with Gasteiger partial charge in [0, 0.05) is 0 Å². The normalized spacial score (nSPS) is 49.2. The molecule has 4 atom stereocenters. The molecule has 2 fully saturated rings. The second-order valence-electron chi connectivity index (χ2n) is 3.33. The van der Waals surface area contributed by atoms with Gasteiger partial charge in [-0.1, -0.05) is 0 Å². The predicted molar refractivity (Wildman–Crippen MR) is 38.1 cm³/mol. The van der Waals surface area contributed by atoms with E-state index in [0.717, 1.165) is 0 Å². The second-order valence-corrected chi connectivity index (χ2v) is 3.33. The summed E-state index contributed by atoms with van der Waals surface area (Å²) in [7, 11) is 0. The molecule has 13 heavy (non-hydrogen) atoms. The smallest absolute Gasteiger partial charge is 0.341 e. The summed E-state index contributed by atoms with van der Waals surface area (Å²) in [6.07, 6.45) is -2.53. The Kier molecular flexibility index (Phi) is 1.81. The number of fused-ring (bicyclic) bond motifs is 1. The molecule has 6 nitrogen and oxygen atoms in total. The van der Waals surface area contributed by atoms with Crippen molar-refractivity contribution < 1.29 is 29.6 Å². The highest BCUT2D eigenvalue weighted by Crippen LogP contribution is 2.34. The van der Waals surface area contributed by atoms with Crippen LogP contribution in [-0.4, -0.2) is 58.4 Å². The summed E-state index contributed by atoms with van der Waals surface area (Å²) < 4.78 is 9.92. The van der Waals surface area contributed by atoms with Gasteiger partial charge in [-0.2, -0.15) is 0 Å². The highest BCUT2D eigenvalue weighted by atomic mass is 16.6. The van der Waals surface area contributed by atoms with E-state index < -0.39 is 29.9 Å². The standard InChI is InChI=1S/C7H10O6/c8-3-1-12-5-4(3)13-2-7(5,11)6(9)10/h3-5,8,11H,1-2H2,(H,9,10)/t3-,4-,5+,7+/m1/s1. The molecular formula is C7H10O6. The molecule has 2 rings (SSSR count). The molecule has 0 aromatic heterocycles. The van der Waals surface area contributed by atoms with E-state index in [1.165, 1.54) is 0 Å².